The first-order valence-electron chi connectivity index (χ1n) is 7.12. The Balaban J connectivity index is 1.87. The predicted molar refractivity (Wildman–Crippen MR) is 82.4 cm³/mol. The molecule has 0 bridgehead atoms. The number of rotatable bonds is 5. The minimum Gasteiger partial charge on any atom is -0.369 e. The van der Waals surface area contributed by atoms with Gasteiger partial charge in [-0.05, 0) is 12.8 Å². The van der Waals surface area contributed by atoms with Gasteiger partial charge in [-0.1, -0.05) is 6.92 Å². The Bertz CT molecular complexity index is 740. The molecule has 1 unspecified atom stereocenters. The number of aromatic nitrogens is 3. The van der Waals surface area contributed by atoms with Crippen LogP contribution in [0.5, 0.6) is 0 Å². The molecule has 1 atom stereocenters. The molecule has 21 heavy (non-hydrogen) atoms. The summed E-state index contributed by atoms with van der Waals surface area (Å²) in [6.45, 7) is 2.93. The van der Waals surface area contributed by atoms with E-state index < -0.39 is 9.84 Å². The Morgan fingerprint density at radius 2 is 2.33 bits per heavy atom. The first-order chi connectivity index (χ1) is 10.1. The normalized spacial score (nSPS) is 20.7. The highest BCUT2D eigenvalue weighted by atomic mass is 32.2. The lowest BCUT2D eigenvalue weighted by molar-refractivity contribution is 0.602. The van der Waals surface area contributed by atoms with Crippen LogP contribution in [0, 0.1) is 0 Å². The van der Waals surface area contributed by atoms with Crippen molar-refractivity contribution in [3.63, 3.8) is 0 Å². The fourth-order valence-corrected chi connectivity index (χ4v) is 4.14. The van der Waals surface area contributed by atoms with Gasteiger partial charge in [-0.25, -0.2) is 18.4 Å². The Morgan fingerprint density at radius 1 is 1.48 bits per heavy atom. The molecule has 0 amide bonds. The van der Waals surface area contributed by atoms with E-state index >= 15 is 0 Å². The molecule has 1 aliphatic heterocycles. The lowest BCUT2D eigenvalue weighted by Gasteiger charge is -2.14. The van der Waals surface area contributed by atoms with Crippen LogP contribution in [0.4, 0.5) is 11.6 Å². The van der Waals surface area contributed by atoms with E-state index in [-0.39, 0.29) is 17.5 Å². The number of imidazole rings is 1. The van der Waals surface area contributed by atoms with Crippen molar-refractivity contribution in [2.75, 3.05) is 28.7 Å². The van der Waals surface area contributed by atoms with Crippen LogP contribution in [-0.2, 0) is 9.84 Å². The second-order valence-electron chi connectivity index (χ2n) is 5.30. The number of sulfone groups is 1. The fraction of sp³-hybridized carbons (Fsp3) is 0.538. The Morgan fingerprint density at radius 3 is 3.05 bits per heavy atom. The Labute approximate surface area is 123 Å². The highest BCUT2D eigenvalue weighted by molar-refractivity contribution is 7.91. The van der Waals surface area contributed by atoms with Crippen LogP contribution in [0.2, 0.25) is 0 Å². The largest absolute Gasteiger partial charge is 0.369 e. The van der Waals surface area contributed by atoms with E-state index in [9.17, 15) is 8.42 Å². The standard InChI is InChI=1S/C13H19N5O2S/c1-2-4-14-11-8-18-6-5-15-13(18)12(17-11)16-10-3-7-21(19,20)9-10/h5-6,8,10,14H,2-4,7,9H2,1H3,(H,16,17). The predicted octanol–water partition coefficient (Wildman–Crippen LogP) is 1.15. The monoisotopic (exact) mass is 309 g/mol. The Kier molecular flexibility index (Phi) is 3.71. The SMILES string of the molecule is CCCNc1cn2ccnc2c(NC2CCS(=O)(=O)C2)n1. The number of hydrogen-bond donors (Lipinski definition) is 2. The summed E-state index contributed by atoms with van der Waals surface area (Å²) in [6.07, 6.45) is 7.06. The zero-order valence-electron chi connectivity index (χ0n) is 11.9. The molecule has 0 aromatic carbocycles. The molecule has 7 nitrogen and oxygen atoms in total. The number of fused-ring (bicyclic) bond motifs is 1. The van der Waals surface area contributed by atoms with Gasteiger partial charge in [0.25, 0.3) is 0 Å². The molecule has 1 saturated heterocycles. The second kappa shape index (κ2) is 5.51. The maximum Gasteiger partial charge on any atom is 0.180 e. The molecule has 0 saturated carbocycles. The zero-order chi connectivity index (χ0) is 14.9. The van der Waals surface area contributed by atoms with Crippen LogP contribution in [0.15, 0.2) is 18.6 Å². The van der Waals surface area contributed by atoms with Crippen LogP contribution in [0.3, 0.4) is 0 Å². The van der Waals surface area contributed by atoms with Crippen molar-refractivity contribution in [3.8, 4) is 0 Å². The number of nitrogens with zero attached hydrogens (tertiary/aromatic N) is 3. The molecule has 0 radical (unpaired) electrons. The second-order valence-corrected chi connectivity index (χ2v) is 7.53. The van der Waals surface area contributed by atoms with E-state index in [1.807, 2.05) is 16.8 Å². The van der Waals surface area contributed by atoms with Crippen molar-refractivity contribution < 1.29 is 8.42 Å². The number of hydrogen-bond acceptors (Lipinski definition) is 6. The minimum atomic E-state index is -2.91. The molecule has 3 heterocycles. The van der Waals surface area contributed by atoms with E-state index in [1.54, 1.807) is 6.20 Å². The fourth-order valence-electron chi connectivity index (χ4n) is 2.47. The molecule has 0 spiro atoms. The third kappa shape index (κ3) is 3.10. The van der Waals surface area contributed by atoms with Crippen LogP contribution in [0.25, 0.3) is 5.65 Å². The number of nitrogens with one attached hydrogen (secondary N) is 2. The van der Waals surface area contributed by atoms with E-state index in [2.05, 4.69) is 27.5 Å². The molecule has 8 heteroatoms. The Hall–Kier alpha value is -1.83. The third-order valence-corrected chi connectivity index (χ3v) is 5.27. The summed E-state index contributed by atoms with van der Waals surface area (Å²) in [6, 6.07) is -0.0931. The van der Waals surface area contributed by atoms with Crippen molar-refractivity contribution in [2.24, 2.45) is 0 Å². The van der Waals surface area contributed by atoms with Gasteiger partial charge in [0.1, 0.15) is 5.82 Å². The van der Waals surface area contributed by atoms with Crippen molar-refractivity contribution in [2.45, 2.75) is 25.8 Å². The van der Waals surface area contributed by atoms with Crippen LogP contribution < -0.4 is 10.6 Å². The van der Waals surface area contributed by atoms with Gasteiger partial charge in [0, 0.05) is 25.0 Å². The molecule has 2 N–H and O–H groups in total. The molecule has 1 fully saturated rings. The summed E-state index contributed by atoms with van der Waals surface area (Å²) in [7, 11) is -2.91. The quantitative estimate of drug-likeness (QED) is 0.861. The summed E-state index contributed by atoms with van der Waals surface area (Å²) < 4.78 is 25.0. The van der Waals surface area contributed by atoms with Gasteiger partial charge >= 0.3 is 0 Å². The van der Waals surface area contributed by atoms with E-state index in [4.69, 9.17) is 0 Å². The third-order valence-electron chi connectivity index (χ3n) is 3.50. The first-order valence-corrected chi connectivity index (χ1v) is 8.94. The average Bonchev–Trinajstić information content (AvgIpc) is 3.03. The molecular formula is C13H19N5O2S. The van der Waals surface area contributed by atoms with Crippen LogP contribution >= 0.6 is 0 Å². The van der Waals surface area contributed by atoms with Gasteiger partial charge in [-0.2, -0.15) is 0 Å². The van der Waals surface area contributed by atoms with Gasteiger partial charge in [-0.15, -0.1) is 0 Å². The topological polar surface area (TPSA) is 88.4 Å². The summed E-state index contributed by atoms with van der Waals surface area (Å²) >= 11 is 0. The van der Waals surface area contributed by atoms with Crippen molar-refractivity contribution in [3.05, 3.63) is 18.6 Å². The van der Waals surface area contributed by atoms with Gasteiger partial charge in [0.15, 0.2) is 21.3 Å². The lowest BCUT2D eigenvalue weighted by atomic mass is 10.2. The van der Waals surface area contributed by atoms with E-state index in [0.717, 1.165) is 18.8 Å². The molecule has 1 aliphatic rings. The molecule has 3 rings (SSSR count). The van der Waals surface area contributed by atoms with Gasteiger partial charge in [0.2, 0.25) is 0 Å². The van der Waals surface area contributed by atoms with Crippen molar-refractivity contribution >= 4 is 27.1 Å². The molecule has 2 aromatic rings. The van der Waals surface area contributed by atoms with Crippen LogP contribution in [0.1, 0.15) is 19.8 Å². The maximum absolute atomic E-state index is 11.6. The highest BCUT2D eigenvalue weighted by Gasteiger charge is 2.28. The summed E-state index contributed by atoms with van der Waals surface area (Å²) in [5.74, 6) is 1.78. The lowest BCUT2D eigenvalue weighted by Crippen LogP contribution is -2.22. The molecule has 0 aliphatic carbocycles. The summed E-state index contributed by atoms with van der Waals surface area (Å²) in [5, 5.41) is 6.47. The average molecular weight is 309 g/mol. The molecule has 114 valence electrons. The van der Waals surface area contributed by atoms with Gasteiger partial charge < -0.3 is 15.0 Å². The number of anilines is 2. The van der Waals surface area contributed by atoms with E-state index in [1.165, 1.54) is 0 Å². The molecular weight excluding hydrogens is 290 g/mol. The van der Waals surface area contributed by atoms with Gasteiger partial charge in [-0.3, -0.25) is 0 Å². The summed E-state index contributed by atoms with van der Waals surface area (Å²) in [4.78, 5) is 8.80. The van der Waals surface area contributed by atoms with Crippen molar-refractivity contribution in [1.82, 2.24) is 14.4 Å². The summed E-state index contributed by atoms with van der Waals surface area (Å²) in [5.41, 5.74) is 0.710. The maximum atomic E-state index is 11.6. The van der Waals surface area contributed by atoms with Gasteiger partial charge in [0.05, 0.1) is 17.7 Å². The van der Waals surface area contributed by atoms with E-state index in [0.29, 0.717) is 17.9 Å². The highest BCUT2D eigenvalue weighted by Crippen LogP contribution is 2.21. The smallest absolute Gasteiger partial charge is 0.180 e. The van der Waals surface area contributed by atoms with Crippen molar-refractivity contribution in [1.29, 1.82) is 0 Å². The molecule has 2 aromatic heterocycles. The minimum absolute atomic E-state index is 0.0931. The van der Waals surface area contributed by atoms with Crippen LogP contribution in [-0.4, -0.2) is 46.9 Å². The first kappa shape index (κ1) is 14.1. The zero-order valence-corrected chi connectivity index (χ0v) is 12.7.